The third kappa shape index (κ3) is 3.28. The minimum Gasteiger partial charge on any atom is -0.494 e. The van der Waals surface area contributed by atoms with Gasteiger partial charge in [-0.25, -0.2) is 4.98 Å². The normalized spacial score (nSPS) is 10.5. The SMILES string of the molecule is CCOc1ccc(NCc2nccn2CC)c(C)c1. The Morgan fingerprint density at radius 2 is 2.16 bits per heavy atom. The van der Waals surface area contributed by atoms with E-state index >= 15 is 0 Å². The van der Waals surface area contributed by atoms with Gasteiger partial charge in [-0.1, -0.05) is 0 Å². The summed E-state index contributed by atoms with van der Waals surface area (Å²) < 4.78 is 7.62. The minimum absolute atomic E-state index is 0.695. The van der Waals surface area contributed by atoms with Crippen LogP contribution in [0.2, 0.25) is 0 Å². The van der Waals surface area contributed by atoms with E-state index in [-0.39, 0.29) is 0 Å². The summed E-state index contributed by atoms with van der Waals surface area (Å²) in [6.07, 6.45) is 3.84. The van der Waals surface area contributed by atoms with Crippen LogP contribution in [0.15, 0.2) is 30.6 Å². The summed E-state index contributed by atoms with van der Waals surface area (Å²) in [5, 5.41) is 3.42. The molecule has 0 amide bonds. The van der Waals surface area contributed by atoms with E-state index < -0.39 is 0 Å². The van der Waals surface area contributed by atoms with Crippen LogP contribution in [0.4, 0.5) is 5.69 Å². The maximum atomic E-state index is 5.48. The fraction of sp³-hybridized carbons (Fsp3) is 0.400. The first-order valence-corrected chi connectivity index (χ1v) is 6.72. The van der Waals surface area contributed by atoms with Crippen molar-refractivity contribution in [1.29, 1.82) is 0 Å². The highest BCUT2D eigenvalue weighted by Gasteiger charge is 2.03. The topological polar surface area (TPSA) is 39.1 Å². The second kappa shape index (κ2) is 6.27. The van der Waals surface area contributed by atoms with Crippen molar-refractivity contribution in [3.05, 3.63) is 42.0 Å². The number of nitrogens with one attached hydrogen (secondary N) is 1. The molecule has 0 fully saturated rings. The predicted octanol–water partition coefficient (Wildman–Crippen LogP) is 3.22. The van der Waals surface area contributed by atoms with E-state index in [1.807, 2.05) is 25.4 Å². The van der Waals surface area contributed by atoms with E-state index in [0.717, 1.165) is 30.4 Å². The molecule has 0 atom stereocenters. The Labute approximate surface area is 114 Å². The molecule has 1 aromatic heterocycles. The van der Waals surface area contributed by atoms with E-state index in [4.69, 9.17) is 4.74 Å². The highest BCUT2D eigenvalue weighted by molar-refractivity contribution is 5.53. The van der Waals surface area contributed by atoms with Crippen molar-refractivity contribution in [3.63, 3.8) is 0 Å². The van der Waals surface area contributed by atoms with Crippen LogP contribution in [-0.2, 0) is 13.1 Å². The van der Waals surface area contributed by atoms with Gasteiger partial charge in [-0.2, -0.15) is 0 Å². The van der Waals surface area contributed by atoms with Gasteiger partial charge >= 0.3 is 0 Å². The van der Waals surface area contributed by atoms with Gasteiger partial charge in [0, 0.05) is 24.6 Å². The molecular weight excluding hydrogens is 238 g/mol. The highest BCUT2D eigenvalue weighted by atomic mass is 16.5. The monoisotopic (exact) mass is 259 g/mol. The zero-order chi connectivity index (χ0) is 13.7. The molecule has 102 valence electrons. The first-order chi connectivity index (χ1) is 9.24. The molecule has 0 saturated carbocycles. The first-order valence-electron chi connectivity index (χ1n) is 6.72. The molecule has 1 N–H and O–H groups in total. The lowest BCUT2D eigenvalue weighted by molar-refractivity contribution is 0.340. The molecular formula is C15H21N3O. The Morgan fingerprint density at radius 1 is 1.32 bits per heavy atom. The number of rotatable bonds is 6. The fourth-order valence-corrected chi connectivity index (χ4v) is 2.06. The molecule has 0 spiro atoms. The molecule has 0 aliphatic heterocycles. The third-order valence-corrected chi connectivity index (χ3v) is 3.09. The van der Waals surface area contributed by atoms with Crippen LogP contribution in [0.3, 0.4) is 0 Å². The van der Waals surface area contributed by atoms with Crippen LogP contribution in [0.25, 0.3) is 0 Å². The number of hydrogen-bond acceptors (Lipinski definition) is 3. The summed E-state index contributed by atoms with van der Waals surface area (Å²) >= 11 is 0. The number of benzene rings is 1. The minimum atomic E-state index is 0.695. The molecule has 2 aromatic rings. The summed E-state index contributed by atoms with van der Waals surface area (Å²) in [6.45, 7) is 8.56. The van der Waals surface area contributed by atoms with Crippen LogP contribution in [0.1, 0.15) is 25.2 Å². The highest BCUT2D eigenvalue weighted by Crippen LogP contribution is 2.21. The lowest BCUT2D eigenvalue weighted by atomic mass is 10.2. The van der Waals surface area contributed by atoms with Crippen molar-refractivity contribution in [2.45, 2.75) is 33.9 Å². The van der Waals surface area contributed by atoms with Crippen LogP contribution in [0.5, 0.6) is 5.75 Å². The number of nitrogens with zero attached hydrogens (tertiary/aromatic N) is 2. The standard InChI is InChI=1S/C15H21N3O/c1-4-18-9-8-16-15(18)11-17-14-7-6-13(19-5-2)10-12(14)3/h6-10,17H,4-5,11H2,1-3H3. The zero-order valence-electron chi connectivity index (χ0n) is 11.8. The molecule has 0 unspecified atom stereocenters. The number of aryl methyl sites for hydroxylation is 2. The zero-order valence-corrected chi connectivity index (χ0v) is 11.8. The number of ether oxygens (including phenoxy) is 1. The molecule has 0 aliphatic carbocycles. The van der Waals surface area contributed by atoms with Crippen LogP contribution >= 0.6 is 0 Å². The number of hydrogen-bond donors (Lipinski definition) is 1. The van der Waals surface area contributed by atoms with Crippen molar-refractivity contribution < 1.29 is 4.74 Å². The molecule has 0 bridgehead atoms. The number of aromatic nitrogens is 2. The van der Waals surface area contributed by atoms with Gasteiger partial charge in [0.1, 0.15) is 11.6 Å². The number of imidazole rings is 1. The molecule has 1 heterocycles. The summed E-state index contributed by atoms with van der Waals surface area (Å²) in [5.74, 6) is 1.97. The fourth-order valence-electron chi connectivity index (χ4n) is 2.06. The van der Waals surface area contributed by atoms with Gasteiger partial charge in [-0.3, -0.25) is 0 Å². The van der Waals surface area contributed by atoms with Crippen molar-refractivity contribution in [1.82, 2.24) is 9.55 Å². The Hall–Kier alpha value is -1.97. The number of anilines is 1. The maximum Gasteiger partial charge on any atom is 0.128 e. The second-order valence-corrected chi connectivity index (χ2v) is 4.39. The first kappa shape index (κ1) is 13.5. The Balaban J connectivity index is 2.03. The average molecular weight is 259 g/mol. The summed E-state index contributed by atoms with van der Waals surface area (Å²) in [6, 6.07) is 6.10. The Bertz CT molecular complexity index is 534. The van der Waals surface area contributed by atoms with Crippen LogP contribution in [0, 0.1) is 6.92 Å². The van der Waals surface area contributed by atoms with Gasteiger partial charge in [0.15, 0.2) is 0 Å². The van der Waals surface area contributed by atoms with E-state index in [1.54, 1.807) is 0 Å². The summed E-state index contributed by atoms with van der Waals surface area (Å²) in [7, 11) is 0. The second-order valence-electron chi connectivity index (χ2n) is 4.39. The molecule has 2 rings (SSSR count). The van der Waals surface area contributed by atoms with Crippen molar-refractivity contribution in [2.24, 2.45) is 0 Å². The van der Waals surface area contributed by atoms with Gasteiger partial charge in [-0.15, -0.1) is 0 Å². The average Bonchev–Trinajstić information content (AvgIpc) is 2.85. The lowest BCUT2D eigenvalue weighted by Crippen LogP contribution is -2.08. The Morgan fingerprint density at radius 3 is 2.84 bits per heavy atom. The van der Waals surface area contributed by atoms with Crippen molar-refractivity contribution >= 4 is 5.69 Å². The van der Waals surface area contributed by atoms with E-state index in [2.05, 4.69) is 40.8 Å². The van der Waals surface area contributed by atoms with E-state index in [1.165, 1.54) is 5.56 Å². The van der Waals surface area contributed by atoms with Gasteiger partial charge in [-0.05, 0) is 44.5 Å². The Kier molecular flexibility index (Phi) is 4.44. The van der Waals surface area contributed by atoms with Gasteiger partial charge in [0.25, 0.3) is 0 Å². The maximum absolute atomic E-state index is 5.48. The molecule has 19 heavy (non-hydrogen) atoms. The third-order valence-electron chi connectivity index (χ3n) is 3.09. The van der Waals surface area contributed by atoms with Crippen molar-refractivity contribution in [2.75, 3.05) is 11.9 Å². The molecule has 1 aromatic carbocycles. The molecule has 0 radical (unpaired) electrons. The summed E-state index contributed by atoms with van der Waals surface area (Å²) in [5.41, 5.74) is 2.30. The van der Waals surface area contributed by atoms with Gasteiger partial charge in [0.2, 0.25) is 0 Å². The molecule has 4 heteroatoms. The molecule has 4 nitrogen and oxygen atoms in total. The lowest BCUT2D eigenvalue weighted by Gasteiger charge is -2.12. The van der Waals surface area contributed by atoms with Crippen LogP contribution in [-0.4, -0.2) is 16.2 Å². The van der Waals surface area contributed by atoms with Gasteiger partial charge < -0.3 is 14.6 Å². The van der Waals surface area contributed by atoms with Crippen molar-refractivity contribution in [3.8, 4) is 5.75 Å². The molecule has 0 saturated heterocycles. The summed E-state index contributed by atoms with van der Waals surface area (Å²) in [4.78, 5) is 4.35. The van der Waals surface area contributed by atoms with Crippen LogP contribution < -0.4 is 10.1 Å². The molecule has 0 aliphatic rings. The van der Waals surface area contributed by atoms with E-state index in [0.29, 0.717) is 6.61 Å². The largest absolute Gasteiger partial charge is 0.494 e. The smallest absolute Gasteiger partial charge is 0.128 e. The quantitative estimate of drug-likeness (QED) is 0.865. The van der Waals surface area contributed by atoms with E-state index in [9.17, 15) is 0 Å². The van der Waals surface area contributed by atoms with Gasteiger partial charge in [0.05, 0.1) is 13.2 Å². The predicted molar refractivity (Wildman–Crippen MR) is 77.6 cm³/mol.